The molecule has 0 aromatic carbocycles. The maximum atomic E-state index is 13.5. The van der Waals surface area contributed by atoms with Crippen LogP contribution in [-0.4, -0.2) is 35.6 Å². The van der Waals surface area contributed by atoms with E-state index in [2.05, 4.69) is 48.5 Å². The lowest BCUT2D eigenvalue weighted by Gasteiger charge is -2.72. The summed E-state index contributed by atoms with van der Waals surface area (Å²) in [6.07, 6.45) is 8.30. The van der Waals surface area contributed by atoms with Gasteiger partial charge in [-0.2, -0.15) is 0 Å². The Labute approximate surface area is 230 Å². The van der Waals surface area contributed by atoms with E-state index in [4.69, 9.17) is 10.5 Å². The predicted molar refractivity (Wildman–Crippen MR) is 150 cm³/mol. The van der Waals surface area contributed by atoms with E-state index in [1.54, 1.807) is 6.92 Å². The number of Topliss-reactive ketones (excluding diaryl/α,β-unsaturated/α-hetero) is 1. The zero-order valence-electron chi connectivity index (χ0n) is 25.3. The topological polar surface area (TPSA) is 89.6 Å². The van der Waals surface area contributed by atoms with Gasteiger partial charge in [0, 0.05) is 30.7 Å². The first kappa shape index (κ1) is 28.3. The standard InChI is InChI=1S/C33H53NO4/c1-19(2)27-22(36)17-33(25(37)18-34)16-15-31(7)21(28(27)33)9-10-24-30(6)13-12-26(38-20(3)35)29(4,5)23(30)11-14-32(24,31)8/h19,21,23-26,37H,9-18,34H2,1-8H3/t21?,23?,24?,25-,26?,30?,31?,32?,33?/m1/s1. The summed E-state index contributed by atoms with van der Waals surface area (Å²) in [6, 6.07) is 0. The number of nitrogens with two attached hydrogens (primary N) is 1. The number of ketones is 1. The minimum atomic E-state index is -0.654. The molecule has 0 aromatic rings. The molecule has 5 aliphatic carbocycles. The summed E-state index contributed by atoms with van der Waals surface area (Å²) in [5, 5.41) is 11.3. The number of esters is 1. The highest BCUT2D eigenvalue weighted by Crippen LogP contribution is 2.77. The Kier molecular flexibility index (Phi) is 6.63. The Balaban J connectivity index is 1.57. The lowest BCUT2D eigenvalue weighted by atomic mass is 9.33. The van der Waals surface area contributed by atoms with E-state index in [9.17, 15) is 14.7 Å². The van der Waals surface area contributed by atoms with Gasteiger partial charge in [0.25, 0.3) is 0 Å². The molecule has 3 N–H and O–H groups in total. The van der Waals surface area contributed by atoms with Gasteiger partial charge in [-0.05, 0) is 96.9 Å². The van der Waals surface area contributed by atoms with Crippen molar-refractivity contribution in [3.8, 4) is 0 Å². The zero-order chi connectivity index (χ0) is 28.1. The molecule has 0 bridgehead atoms. The third kappa shape index (κ3) is 3.49. The molecule has 0 saturated heterocycles. The van der Waals surface area contributed by atoms with Gasteiger partial charge in [0.15, 0.2) is 5.78 Å². The van der Waals surface area contributed by atoms with Crippen LogP contribution < -0.4 is 5.73 Å². The third-order valence-electron chi connectivity index (χ3n) is 13.6. The summed E-state index contributed by atoms with van der Waals surface area (Å²) in [5.41, 5.74) is 8.34. The molecule has 5 heteroatoms. The Hall–Kier alpha value is -1.20. The van der Waals surface area contributed by atoms with Gasteiger partial charge >= 0.3 is 5.97 Å². The van der Waals surface area contributed by atoms with Gasteiger partial charge in [-0.3, -0.25) is 9.59 Å². The second kappa shape index (κ2) is 8.90. The Morgan fingerprint density at radius 3 is 2.26 bits per heavy atom. The van der Waals surface area contributed by atoms with Crippen LogP contribution in [-0.2, 0) is 14.3 Å². The van der Waals surface area contributed by atoms with Crippen LogP contribution in [0.25, 0.3) is 0 Å². The van der Waals surface area contributed by atoms with Crippen molar-refractivity contribution in [2.24, 2.45) is 56.5 Å². The van der Waals surface area contributed by atoms with Crippen LogP contribution in [0.2, 0.25) is 0 Å². The maximum absolute atomic E-state index is 13.5. The molecule has 4 saturated carbocycles. The number of hydrogen-bond acceptors (Lipinski definition) is 5. The molecule has 0 amide bonds. The van der Waals surface area contributed by atoms with Crippen LogP contribution in [0.1, 0.15) is 113 Å². The fraction of sp³-hybridized carbons (Fsp3) is 0.879. The monoisotopic (exact) mass is 527 g/mol. The Morgan fingerprint density at radius 1 is 0.974 bits per heavy atom. The number of carbonyl (C=O) groups excluding carboxylic acids is 2. The smallest absolute Gasteiger partial charge is 0.302 e. The second-order valence-electron chi connectivity index (χ2n) is 15.6. The van der Waals surface area contributed by atoms with Crippen molar-refractivity contribution < 1.29 is 19.4 Å². The minimum absolute atomic E-state index is 0.00865. The van der Waals surface area contributed by atoms with E-state index in [-0.39, 0.29) is 52.0 Å². The molecule has 8 unspecified atom stereocenters. The SMILES string of the molecule is CC(=O)OC1CCC2(C)C(CCC3(C)C2CCC2C4=C(C(C)C)C(=O)CC4([C@H](O)CN)CCC23C)C1(C)C. The first-order valence-corrected chi connectivity index (χ1v) is 15.4. The van der Waals surface area contributed by atoms with Gasteiger partial charge in [-0.15, -0.1) is 0 Å². The van der Waals surface area contributed by atoms with Crippen molar-refractivity contribution in [3.63, 3.8) is 0 Å². The largest absolute Gasteiger partial charge is 0.462 e. The number of ether oxygens (including phenoxy) is 1. The van der Waals surface area contributed by atoms with Crippen molar-refractivity contribution in [1.29, 1.82) is 0 Å². The number of aliphatic hydroxyl groups excluding tert-OH is 1. The fourth-order valence-electron chi connectivity index (χ4n) is 11.7. The molecule has 38 heavy (non-hydrogen) atoms. The summed E-state index contributed by atoms with van der Waals surface area (Å²) in [5.74, 6) is 1.70. The molecule has 5 aliphatic rings. The fourth-order valence-corrected chi connectivity index (χ4v) is 11.7. The minimum Gasteiger partial charge on any atom is -0.462 e. The lowest BCUT2D eigenvalue weighted by molar-refractivity contribution is -0.234. The van der Waals surface area contributed by atoms with Crippen LogP contribution in [0.15, 0.2) is 11.1 Å². The number of carbonyl (C=O) groups is 2. The predicted octanol–water partition coefficient (Wildman–Crippen LogP) is 6.22. The van der Waals surface area contributed by atoms with Gasteiger partial charge in [-0.25, -0.2) is 0 Å². The van der Waals surface area contributed by atoms with Crippen LogP contribution >= 0.6 is 0 Å². The van der Waals surface area contributed by atoms with E-state index in [1.165, 1.54) is 12.0 Å². The van der Waals surface area contributed by atoms with E-state index >= 15 is 0 Å². The molecule has 9 atom stereocenters. The molecule has 5 rings (SSSR count). The molecule has 0 heterocycles. The highest BCUT2D eigenvalue weighted by Gasteiger charge is 2.70. The van der Waals surface area contributed by atoms with E-state index < -0.39 is 11.5 Å². The van der Waals surface area contributed by atoms with E-state index in [0.29, 0.717) is 24.2 Å². The van der Waals surface area contributed by atoms with E-state index in [0.717, 1.165) is 50.5 Å². The summed E-state index contributed by atoms with van der Waals surface area (Å²) in [4.78, 5) is 25.4. The highest BCUT2D eigenvalue weighted by atomic mass is 16.5. The Morgan fingerprint density at radius 2 is 1.66 bits per heavy atom. The normalized spacial score (nSPS) is 46.7. The average Bonchev–Trinajstić information content (AvgIpc) is 3.14. The molecular formula is C33H53NO4. The Bertz CT molecular complexity index is 1050. The summed E-state index contributed by atoms with van der Waals surface area (Å²) >= 11 is 0. The molecule has 4 fully saturated rings. The zero-order valence-corrected chi connectivity index (χ0v) is 25.3. The van der Waals surface area contributed by atoms with Crippen molar-refractivity contribution in [2.45, 2.75) is 125 Å². The highest BCUT2D eigenvalue weighted by molar-refractivity contribution is 6.00. The van der Waals surface area contributed by atoms with Crippen molar-refractivity contribution >= 4 is 11.8 Å². The molecule has 0 aromatic heterocycles. The van der Waals surface area contributed by atoms with Gasteiger partial charge in [-0.1, -0.05) is 54.0 Å². The number of allylic oxidation sites excluding steroid dienone is 1. The first-order valence-electron chi connectivity index (χ1n) is 15.4. The molecule has 0 spiro atoms. The number of rotatable bonds is 4. The maximum Gasteiger partial charge on any atom is 0.302 e. The lowest BCUT2D eigenvalue weighted by Crippen LogP contribution is -2.66. The van der Waals surface area contributed by atoms with Crippen LogP contribution in [0, 0.1) is 50.7 Å². The van der Waals surface area contributed by atoms with Crippen molar-refractivity contribution in [3.05, 3.63) is 11.1 Å². The molecule has 5 nitrogen and oxygen atoms in total. The molecule has 0 radical (unpaired) electrons. The molecular weight excluding hydrogens is 474 g/mol. The van der Waals surface area contributed by atoms with Gasteiger partial charge in [0.05, 0.1) is 6.10 Å². The van der Waals surface area contributed by atoms with Crippen LogP contribution in [0.4, 0.5) is 0 Å². The summed E-state index contributed by atoms with van der Waals surface area (Å²) in [6.45, 7) is 18.4. The first-order chi connectivity index (χ1) is 17.6. The molecule has 0 aliphatic heterocycles. The van der Waals surface area contributed by atoms with Crippen molar-refractivity contribution in [1.82, 2.24) is 0 Å². The quantitative estimate of drug-likeness (QED) is 0.424. The van der Waals surface area contributed by atoms with Crippen LogP contribution in [0.3, 0.4) is 0 Å². The third-order valence-corrected chi connectivity index (χ3v) is 13.6. The van der Waals surface area contributed by atoms with Crippen molar-refractivity contribution in [2.75, 3.05) is 6.54 Å². The summed E-state index contributed by atoms with van der Waals surface area (Å²) in [7, 11) is 0. The number of hydrogen-bond donors (Lipinski definition) is 2. The second-order valence-corrected chi connectivity index (χ2v) is 15.6. The van der Waals surface area contributed by atoms with Gasteiger partial charge in [0.1, 0.15) is 6.10 Å². The van der Waals surface area contributed by atoms with Gasteiger partial charge in [0.2, 0.25) is 0 Å². The number of aliphatic hydroxyl groups is 1. The van der Waals surface area contributed by atoms with Crippen LogP contribution in [0.5, 0.6) is 0 Å². The number of fused-ring (bicyclic) bond motifs is 7. The van der Waals surface area contributed by atoms with E-state index in [1.807, 2.05) is 0 Å². The average molecular weight is 528 g/mol. The summed E-state index contributed by atoms with van der Waals surface area (Å²) < 4.78 is 5.89. The van der Waals surface area contributed by atoms with Gasteiger partial charge < -0.3 is 15.6 Å². The molecule has 214 valence electrons.